The minimum absolute atomic E-state index is 0.134. The van der Waals surface area contributed by atoms with Gasteiger partial charge in [0.1, 0.15) is 17.6 Å². The smallest absolute Gasteiger partial charge is 0.132 e. The predicted octanol–water partition coefficient (Wildman–Crippen LogP) is 2.03. The van der Waals surface area contributed by atoms with Gasteiger partial charge in [-0.3, -0.25) is 0 Å². The van der Waals surface area contributed by atoms with Gasteiger partial charge >= 0.3 is 0 Å². The largest absolute Gasteiger partial charge is 0.464 e. The molecule has 78 valence electrons. The highest BCUT2D eigenvalue weighted by molar-refractivity contribution is 5.09. The van der Waals surface area contributed by atoms with Crippen molar-refractivity contribution >= 4 is 0 Å². The molecule has 0 spiro atoms. The Bertz CT molecular complexity index is 295. The van der Waals surface area contributed by atoms with Crippen molar-refractivity contribution in [2.24, 2.45) is 0 Å². The van der Waals surface area contributed by atoms with Crippen LogP contribution in [0, 0.1) is 6.92 Å². The molecular weight excluding hydrogens is 178 g/mol. The zero-order chi connectivity index (χ0) is 9.97. The van der Waals surface area contributed by atoms with Gasteiger partial charge in [0, 0.05) is 12.6 Å². The fourth-order valence-corrected chi connectivity index (χ4v) is 1.88. The number of nitrogens with one attached hydrogen (secondary N) is 1. The predicted molar refractivity (Wildman–Crippen MR) is 54.2 cm³/mol. The maximum Gasteiger partial charge on any atom is 0.132 e. The summed E-state index contributed by atoms with van der Waals surface area (Å²) in [7, 11) is 2.00. The Balaban J connectivity index is 2.04. The lowest BCUT2D eigenvalue weighted by Gasteiger charge is -2.27. The molecule has 0 amide bonds. The summed E-state index contributed by atoms with van der Waals surface area (Å²) in [6.07, 6.45) is 2.23. The van der Waals surface area contributed by atoms with Crippen LogP contribution in [0.25, 0.3) is 0 Å². The van der Waals surface area contributed by atoms with Gasteiger partial charge in [0.25, 0.3) is 0 Å². The average molecular weight is 195 g/mol. The molecule has 2 atom stereocenters. The summed E-state index contributed by atoms with van der Waals surface area (Å²) in [6.45, 7) is 2.78. The minimum atomic E-state index is 0.134. The van der Waals surface area contributed by atoms with Gasteiger partial charge in [-0.1, -0.05) is 0 Å². The van der Waals surface area contributed by atoms with E-state index in [4.69, 9.17) is 9.15 Å². The van der Waals surface area contributed by atoms with E-state index < -0.39 is 0 Å². The van der Waals surface area contributed by atoms with E-state index in [1.165, 1.54) is 0 Å². The SMILES string of the molecule is CNC1CCOC(c2ccc(C)o2)C1. The van der Waals surface area contributed by atoms with E-state index in [0.717, 1.165) is 31.0 Å². The molecule has 0 saturated carbocycles. The third kappa shape index (κ3) is 1.99. The van der Waals surface area contributed by atoms with Crippen LogP contribution in [-0.2, 0) is 4.74 Å². The topological polar surface area (TPSA) is 34.4 Å². The van der Waals surface area contributed by atoms with Gasteiger partial charge in [-0.15, -0.1) is 0 Å². The first-order valence-corrected chi connectivity index (χ1v) is 5.15. The molecular formula is C11H17NO2. The molecule has 14 heavy (non-hydrogen) atoms. The monoisotopic (exact) mass is 195 g/mol. The van der Waals surface area contributed by atoms with Gasteiger partial charge in [-0.25, -0.2) is 0 Å². The number of hydrogen-bond acceptors (Lipinski definition) is 3. The van der Waals surface area contributed by atoms with Crippen molar-refractivity contribution in [1.29, 1.82) is 0 Å². The number of furan rings is 1. The Labute approximate surface area is 84.4 Å². The molecule has 2 rings (SSSR count). The number of rotatable bonds is 2. The van der Waals surface area contributed by atoms with E-state index >= 15 is 0 Å². The van der Waals surface area contributed by atoms with Gasteiger partial charge in [-0.05, 0) is 38.9 Å². The molecule has 1 aromatic heterocycles. The summed E-state index contributed by atoms with van der Waals surface area (Å²) < 4.78 is 11.2. The Morgan fingerprint density at radius 1 is 1.43 bits per heavy atom. The van der Waals surface area contributed by atoms with Gasteiger partial charge in [0.15, 0.2) is 0 Å². The Kier molecular flexibility index (Phi) is 2.89. The van der Waals surface area contributed by atoms with Crippen molar-refractivity contribution in [2.45, 2.75) is 31.9 Å². The van der Waals surface area contributed by atoms with Crippen LogP contribution < -0.4 is 5.32 Å². The van der Waals surface area contributed by atoms with Crippen LogP contribution in [0.3, 0.4) is 0 Å². The second-order valence-electron chi connectivity index (χ2n) is 3.82. The number of ether oxygens (including phenoxy) is 1. The molecule has 0 radical (unpaired) electrons. The molecule has 3 nitrogen and oxygen atoms in total. The first-order chi connectivity index (χ1) is 6.79. The summed E-state index contributed by atoms with van der Waals surface area (Å²) in [5.41, 5.74) is 0. The average Bonchev–Trinajstić information content (AvgIpc) is 2.65. The number of hydrogen-bond donors (Lipinski definition) is 1. The van der Waals surface area contributed by atoms with E-state index in [-0.39, 0.29) is 6.10 Å². The lowest BCUT2D eigenvalue weighted by atomic mass is 10.0. The first-order valence-electron chi connectivity index (χ1n) is 5.15. The van der Waals surface area contributed by atoms with Crippen molar-refractivity contribution in [3.8, 4) is 0 Å². The Morgan fingerprint density at radius 3 is 2.93 bits per heavy atom. The summed E-state index contributed by atoms with van der Waals surface area (Å²) in [5.74, 6) is 1.91. The molecule has 1 aromatic rings. The van der Waals surface area contributed by atoms with E-state index in [1.54, 1.807) is 0 Å². The van der Waals surface area contributed by atoms with Crippen LogP contribution in [0.5, 0.6) is 0 Å². The first kappa shape index (κ1) is 9.74. The van der Waals surface area contributed by atoms with Crippen LogP contribution in [-0.4, -0.2) is 19.7 Å². The molecule has 3 heteroatoms. The molecule has 0 bridgehead atoms. The van der Waals surface area contributed by atoms with Crippen molar-refractivity contribution < 1.29 is 9.15 Å². The standard InChI is InChI=1S/C11H17NO2/c1-8-3-4-10(14-8)11-7-9(12-2)5-6-13-11/h3-4,9,11-12H,5-7H2,1-2H3. The van der Waals surface area contributed by atoms with Crippen molar-refractivity contribution in [3.05, 3.63) is 23.7 Å². The van der Waals surface area contributed by atoms with Crippen LogP contribution in [0.15, 0.2) is 16.5 Å². The second-order valence-corrected chi connectivity index (χ2v) is 3.82. The van der Waals surface area contributed by atoms with E-state index in [0.29, 0.717) is 6.04 Å². The van der Waals surface area contributed by atoms with Gasteiger partial charge in [0.2, 0.25) is 0 Å². The van der Waals surface area contributed by atoms with Crippen LogP contribution in [0.4, 0.5) is 0 Å². The highest BCUT2D eigenvalue weighted by Crippen LogP contribution is 2.28. The Hall–Kier alpha value is -0.800. The van der Waals surface area contributed by atoms with Crippen molar-refractivity contribution in [2.75, 3.05) is 13.7 Å². The van der Waals surface area contributed by atoms with E-state index in [1.807, 2.05) is 26.1 Å². The molecule has 2 unspecified atom stereocenters. The lowest BCUT2D eigenvalue weighted by Crippen LogP contribution is -2.33. The molecule has 1 fully saturated rings. The van der Waals surface area contributed by atoms with Crippen molar-refractivity contribution in [3.63, 3.8) is 0 Å². The fraction of sp³-hybridized carbons (Fsp3) is 0.636. The van der Waals surface area contributed by atoms with Crippen LogP contribution in [0.2, 0.25) is 0 Å². The van der Waals surface area contributed by atoms with E-state index in [2.05, 4.69) is 5.32 Å². The third-order valence-corrected chi connectivity index (χ3v) is 2.77. The van der Waals surface area contributed by atoms with Gasteiger partial charge < -0.3 is 14.5 Å². The normalized spacial score (nSPS) is 27.9. The summed E-state index contributed by atoms with van der Waals surface area (Å²) in [4.78, 5) is 0. The van der Waals surface area contributed by atoms with Crippen molar-refractivity contribution in [1.82, 2.24) is 5.32 Å². The molecule has 2 heterocycles. The molecule has 1 N–H and O–H groups in total. The van der Waals surface area contributed by atoms with Gasteiger partial charge in [0.05, 0.1) is 0 Å². The highest BCUT2D eigenvalue weighted by atomic mass is 16.5. The maximum absolute atomic E-state index is 5.68. The van der Waals surface area contributed by atoms with Crippen LogP contribution in [0.1, 0.15) is 30.5 Å². The zero-order valence-electron chi connectivity index (χ0n) is 8.75. The second kappa shape index (κ2) is 4.15. The quantitative estimate of drug-likeness (QED) is 0.784. The fourth-order valence-electron chi connectivity index (χ4n) is 1.88. The molecule has 1 aliphatic heterocycles. The summed E-state index contributed by atoms with van der Waals surface area (Å²) in [6, 6.07) is 4.55. The summed E-state index contributed by atoms with van der Waals surface area (Å²) in [5, 5.41) is 3.29. The maximum atomic E-state index is 5.68. The van der Waals surface area contributed by atoms with Gasteiger partial charge in [-0.2, -0.15) is 0 Å². The van der Waals surface area contributed by atoms with E-state index in [9.17, 15) is 0 Å². The molecule has 0 aliphatic carbocycles. The summed E-state index contributed by atoms with van der Waals surface area (Å²) >= 11 is 0. The number of aryl methyl sites for hydroxylation is 1. The molecule has 1 aliphatic rings. The Morgan fingerprint density at radius 2 is 2.29 bits per heavy atom. The molecule has 0 aromatic carbocycles. The molecule has 1 saturated heterocycles. The lowest BCUT2D eigenvalue weighted by molar-refractivity contribution is -0.0110. The zero-order valence-corrected chi connectivity index (χ0v) is 8.75. The minimum Gasteiger partial charge on any atom is -0.464 e. The van der Waals surface area contributed by atoms with Crippen LogP contribution >= 0.6 is 0 Å². The highest BCUT2D eigenvalue weighted by Gasteiger charge is 2.24. The third-order valence-electron chi connectivity index (χ3n) is 2.77.